The Morgan fingerprint density at radius 1 is 1.37 bits per heavy atom. The summed E-state index contributed by atoms with van der Waals surface area (Å²) in [4.78, 5) is 15.6. The molecule has 0 aromatic carbocycles. The third-order valence-electron chi connectivity index (χ3n) is 5.93. The van der Waals surface area contributed by atoms with Crippen molar-refractivity contribution in [2.24, 2.45) is 16.4 Å². The van der Waals surface area contributed by atoms with E-state index in [-0.39, 0.29) is 0 Å². The van der Waals surface area contributed by atoms with Crippen molar-refractivity contribution in [1.82, 2.24) is 15.0 Å². The Morgan fingerprint density at radius 3 is 3.04 bits per heavy atom. The van der Waals surface area contributed by atoms with E-state index in [1.807, 2.05) is 23.5 Å². The molecule has 0 saturated carbocycles. The maximum atomic E-state index is 4.53. The predicted octanol–water partition coefficient (Wildman–Crippen LogP) is 5.07. The van der Waals surface area contributed by atoms with Crippen LogP contribution < -0.4 is 5.43 Å². The fourth-order valence-electron chi connectivity index (χ4n) is 3.77. The monoisotopic (exact) mass is 379 g/mol. The molecule has 0 spiro atoms. The molecular formula is C21H25N5S. The highest BCUT2D eigenvalue weighted by molar-refractivity contribution is 7.19. The lowest BCUT2D eigenvalue weighted by Gasteiger charge is -2.36. The van der Waals surface area contributed by atoms with Gasteiger partial charge < -0.3 is 0 Å². The van der Waals surface area contributed by atoms with E-state index in [0.717, 1.165) is 34.4 Å². The first-order valence-corrected chi connectivity index (χ1v) is 10.3. The van der Waals surface area contributed by atoms with Crippen LogP contribution in [0.25, 0.3) is 10.2 Å². The van der Waals surface area contributed by atoms with Gasteiger partial charge >= 0.3 is 0 Å². The van der Waals surface area contributed by atoms with E-state index >= 15 is 0 Å². The van der Waals surface area contributed by atoms with Crippen molar-refractivity contribution in [1.29, 1.82) is 0 Å². The highest BCUT2D eigenvalue weighted by atomic mass is 32.1. The summed E-state index contributed by atoms with van der Waals surface area (Å²) in [5.74, 6) is 1.49. The van der Waals surface area contributed by atoms with E-state index in [0.29, 0.717) is 11.3 Å². The van der Waals surface area contributed by atoms with Gasteiger partial charge in [0.05, 0.1) is 11.6 Å². The van der Waals surface area contributed by atoms with Gasteiger partial charge in [-0.3, -0.25) is 10.4 Å². The molecule has 0 aliphatic heterocycles. The predicted molar refractivity (Wildman–Crippen MR) is 112 cm³/mol. The van der Waals surface area contributed by atoms with Crippen LogP contribution in [0, 0.1) is 11.3 Å². The zero-order valence-electron chi connectivity index (χ0n) is 16.1. The van der Waals surface area contributed by atoms with Gasteiger partial charge in [0.2, 0.25) is 0 Å². The Balaban J connectivity index is 1.65. The molecule has 1 atom stereocenters. The number of hydrogen-bond donors (Lipinski definition) is 1. The average molecular weight is 380 g/mol. The van der Waals surface area contributed by atoms with Crippen molar-refractivity contribution >= 4 is 33.6 Å². The molecule has 3 heterocycles. The Labute approximate surface area is 164 Å². The molecule has 3 aromatic rings. The summed E-state index contributed by atoms with van der Waals surface area (Å²) in [5.41, 5.74) is 5.87. The number of aryl methyl sites for hydroxylation is 1. The smallest absolute Gasteiger partial charge is 0.158 e. The summed E-state index contributed by atoms with van der Waals surface area (Å²) in [5, 5.41) is 5.52. The molecule has 6 heteroatoms. The van der Waals surface area contributed by atoms with Crippen LogP contribution in [0.5, 0.6) is 0 Å². The lowest BCUT2D eigenvalue weighted by molar-refractivity contribution is 0.184. The maximum absolute atomic E-state index is 4.53. The van der Waals surface area contributed by atoms with E-state index in [4.69, 9.17) is 0 Å². The molecule has 1 aliphatic rings. The summed E-state index contributed by atoms with van der Waals surface area (Å²) in [6.07, 6.45) is 11.6. The van der Waals surface area contributed by atoms with Crippen LogP contribution in [0.1, 0.15) is 49.6 Å². The molecule has 0 unspecified atom stereocenters. The van der Waals surface area contributed by atoms with E-state index < -0.39 is 0 Å². The molecule has 3 aromatic heterocycles. The molecule has 5 nitrogen and oxygen atoms in total. The SMILES string of the molecule is CCC(C)(C)[C@@H]1CCc2sc3ncnc(N/N=C\c4cccnc4)c3c2C1. The van der Waals surface area contributed by atoms with Gasteiger partial charge in [0.1, 0.15) is 11.2 Å². The van der Waals surface area contributed by atoms with Gasteiger partial charge in [-0.25, -0.2) is 9.97 Å². The molecule has 1 aliphatic carbocycles. The van der Waals surface area contributed by atoms with Crippen molar-refractivity contribution in [2.45, 2.75) is 46.5 Å². The standard InChI is InChI=1S/C21H25N5S/c1-4-21(2,3)15-7-8-17-16(10-15)18-19(23-13-24-20(18)27-17)26-25-12-14-6-5-9-22-11-14/h5-6,9,11-13,15H,4,7-8,10H2,1-3H3,(H,23,24,26)/b25-12-/t15-/m1/s1. The molecule has 0 radical (unpaired) electrons. The van der Waals surface area contributed by atoms with Crippen molar-refractivity contribution in [3.63, 3.8) is 0 Å². The second-order valence-electron chi connectivity index (χ2n) is 7.84. The third kappa shape index (κ3) is 3.58. The average Bonchev–Trinajstić information content (AvgIpc) is 3.07. The van der Waals surface area contributed by atoms with Crippen LogP contribution in [0.3, 0.4) is 0 Å². The molecule has 140 valence electrons. The number of nitrogens with zero attached hydrogens (tertiary/aromatic N) is 4. The lowest BCUT2D eigenvalue weighted by atomic mass is 9.69. The zero-order valence-corrected chi connectivity index (χ0v) is 16.9. The third-order valence-corrected chi connectivity index (χ3v) is 7.13. The van der Waals surface area contributed by atoms with Gasteiger partial charge in [-0.2, -0.15) is 5.10 Å². The van der Waals surface area contributed by atoms with Crippen molar-refractivity contribution in [3.05, 3.63) is 46.9 Å². The van der Waals surface area contributed by atoms with E-state index in [1.54, 1.807) is 24.9 Å². The number of rotatable bonds is 5. The van der Waals surface area contributed by atoms with Gasteiger partial charge in [0.25, 0.3) is 0 Å². The Hall–Kier alpha value is -2.34. The number of anilines is 1. The fourth-order valence-corrected chi connectivity index (χ4v) is 4.95. The van der Waals surface area contributed by atoms with Crippen LogP contribution in [-0.2, 0) is 12.8 Å². The van der Waals surface area contributed by atoms with Crippen LogP contribution in [0.2, 0.25) is 0 Å². The lowest BCUT2D eigenvalue weighted by Crippen LogP contribution is -2.28. The van der Waals surface area contributed by atoms with Crippen LogP contribution in [0.4, 0.5) is 5.82 Å². The van der Waals surface area contributed by atoms with Gasteiger partial charge in [-0.1, -0.05) is 33.3 Å². The molecule has 0 fully saturated rings. The molecule has 4 rings (SSSR count). The second-order valence-corrected chi connectivity index (χ2v) is 8.93. The summed E-state index contributed by atoms with van der Waals surface area (Å²) in [6, 6.07) is 3.87. The summed E-state index contributed by atoms with van der Waals surface area (Å²) < 4.78 is 0. The van der Waals surface area contributed by atoms with Gasteiger partial charge in [0, 0.05) is 22.8 Å². The molecule has 0 amide bonds. The van der Waals surface area contributed by atoms with Gasteiger partial charge in [-0.05, 0) is 42.2 Å². The minimum absolute atomic E-state index is 0.355. The minimum Gasteiger partial charge on any atom is -0.264 e. The number of hydrazone groups is 1. The minimum atomic E-state index is 0.355. The normalized spacial score (nSPS) is 17.4. The Bertz CT molecular complexity index is 961. The van der Waals surface area contributed by atoms with E-state index in [1.165, 1.54) is 23.3 Å². The summed E-state index contributed by atoms with van der Waals surface area (Å²) in [7, 11) is 0. The molecule has 1 N–H and O–H groups in total. The van der Waals surface area contributed by atoms with Crippen LogP contribution in [-0.4, -0.2) is 21.2 Å². The highest BCUT2D eigenvalue weighted by Gasteiger charge is 2.33. The topological polar surface area (TPSA) is 63.1 Å². The largest absolute Gasteiger partial charge is 0.264 e. The summed E-state index contributed by atoms with van der Waals surface area (Å²) in [6.45, 7) is 7.08. The first kappa shape index (κ1) is 18.0. The number of fused-ring (bicyclic) bond motifs is 3. The Morgan fingerprint density at radius 2 is 2.26 bits per heavy atom. The van der Waals surface area contributed by atoms with Crippen LogP contribution in [0.15, 0.2) is 36.0 Å². The first-order chi connectivity index (χ1) is 13.1. The van der Waals surface area contributed by atoms with Crippen molar-refractivity contribution < 1.29 is 0 Å². The van der Waals surface area contributed by atoms with Crippen molar-refractivity contribution in [2.75, 3.05) is 5.43 Å². The number of nitrogens with one attached hydrogen (secondary N) is 1. The highest BCUT2D eigenvalue weighted by Crippen LogP contribution is 2.45. The summed E-state index contributed by atoms with van der Waals surface area (Å²) >= 11 is 1.81. The number of thiophene rings is 1. The zero-order chi connectivity index (χ0) is 18.9. The van der Waals surface area contributed by atoms with E-state index in [2.05, 4.69) is 46.3 Å². The Kier molecular flexibility index (Phi) is 4.91. The first-order valence-electron chi connectivity index (χ1n) is 9.53. The number of pyridine rings is 1. The van der Waals surface area contributed by atoms with Gasteiger partial charge in [-0.15, -0.1) is 11.3 Å². The van der Waals surface area contributed by atoms with Gasteiger partial charge in [0.15, 0.2) is 5.82 Å². The van der Waals surface area contributed by atoms with E-state index in [9.17, 15) is 0 Å². The molecule has 27 heavy (non-hydrogen) atoms. The number of aromatic nitrogens is 3. The molecule has 0 saturated heterocycles. The fraction of sp³-hybridized carbons (Fsp3) is 0.429. The molecular weight excluding hydrogens is 354 g/mol. The van der Waals surface area contributed by atoms with Crippen molar-refractivity contribution in [3.8, 4) is 0 Å². The molecule has 0 bridgehead atoms. The second kappa shape index (κ2) is 7.35. The quantitative estimate of drug-likeness (QED) is 0.496. The maximum Gasteiger partial charge on any atom is 0.158 e. The number of hydrogen-bond acceptors (Lipinski definition) is 6. The van der Waals surface area contributed by atoms with Crippen LogP contribution >= 0.6 is 11.3 Å².